The fraction of sp³-hybridized carbons (Fsp3) is 0.550. The highest BCUT2D eigenvalue weighted by molar-refractivity contribution is 5.94. The highest BCUT2D eigenvalue weighted by Crippen LogP contribution is 2.22. The molecule has 8 heteroatoms. The van der Waals surface area contributed by atoms with Crippen molar-refractivity contribution in [3.63, 3.8) is 0 Å². The van der Waals surface area contributed by atoms with Crippen molar-refractivity contribution in [3.05, 3.63) is 35.6 Å². The number of hydrogen-bond donors (Lipinski definition) is 2. The molecule has 0 spiro atoms. The van der Waals surface area contributed by atoms with E-state index < -0.39 is 17.7 Å². The van der Waals surface area contributed by atoms with Crippen molar-refractivity contribution in [3.8, 4) is 0 Å². The van der Waals surface area contributed by atoms with Gasteiger partial charge < -0.3 is 20.2 Å². The van der Waals surface area contributed by atoms with Gasteiger partial charge in [0, 0.05) is 32.2 Å². The minimum absolute atomic E-state index is 0.0620. The number of halogens is 1. The van der Waals surface area contributed by atoms with Gasteiger partial charge in [0.15, 0.2) is 0 Å². The highest BCUT2D eigenvalue weighted by atomic mass is 19.1. The molecule has 2 aliphatic heterocycles. The van der Waals surface area contributed by atoms with E-state index in [0.29, 0.717) is 38.9 Å². The predicted molar refractivity (Wildman–Crippen MR) is 100 cm³/mol. The van der Waals surface area contributed by atoms with Crippen molar-refractivity contribution < 1.29 is 23.9 Å². The van der Waals surface area contributed by atoms with Gasteiger partial charge in [-0.3, -0.25) is 9.59 Å². The number of nitrogens with one attached hydrogen (secondary N) is 1. The predicted octanol–water partition coefficient (Wildman–Crippen LogP) is 2.18. The average molecular weight is 391 g/mol. The number of carbonyl (C=O) groups excluding carboxylic acids is 2. The SMILES string of the molecule is CC1CC(C(=O)O)CN(C(=O)NC2CCN(C(=O)c3ccccc3F)CC2)C1. The van der Waals surface area contributed by atoms with E-state index in [4.69, 9.17) is 0 Å². The lowest BCUT2D eigenvalue weighted by atomic mass is 9.91. The molecule has 2 atom stereocenters. The molecule has 2 fully saturated rings. The number of likely N-dealkylation sites (tertiary alicyclic amines) is 2. The standard InChI is InChI=1S/C20H26FN3O4/c1-13-10-14(19(26)27)12-24(11-13)20(28)22-15-6-8-23(9-7-15)18(25)16-4-2-3-5-17(16)21/h2-5,13-15H,6-12H2,1H3,(H,22,28)(H,26,27). The van der Waals surface area contributed by atoms with Crippen LogP contribution in [0.3, 0.4) is 0 Å². The van der Waals surface area contributed by atoms with Crippen molar-refractivity contribution in [2.24, 2.45) is 11.8 Å². The first-order chi connectivity index (χ1) is 13.3. The highest BCUT2D eigenvalue weighted by Gasteiger charge is 2.33. The van der Waals surface area contributed by atoms with Crippen LogP contribution in [0.2, 0.25) is 0 Å². The molecular weight excluding hydrogens is 365 g/mol. The molecule has 3 amide bonds. The summed E-state index contributed by atoms with van der Waals surface area (Å²) in [5, 5.41) is 12.2. The quantitative estimate of drug-likeness (QED) is 0.826. The molecule has 2 saturated heterocycles. The number of aliphatic carboxylic acids is 1. The number of carbonyl (C=O) groups is 3. The normalized spacial score (nSPS) is 23.4. The summed E-state index contributed by atoms with van der Waals surface area (Å²) < 4.78 is 13.8. The first kappa shape index (κ1) is 20.1. The van der Waals surface area contributed by atoms with E-state index in [1.54, 1.807) is 21.9 Å². The first-order valence-corrected chi connectivity index (χ1v) is 9.67. The van der Waals surface area contributed by atoms with Crippen molar-refractivity contribution in [1.82, 2.24) is 15.1 Å². The lowest BCUT2D eigenvalue weighted by Gasteiger charge is -2.37. The van der Waals surface area contributed by atoms with Gasteiger partial charge in [0.2, 0.25) is 0 Å². The number of amides is 3. The molecule has 0 radical (unpaired) electrons. The molecule has 2 N–H and O–H groups in total. The summed E-state index contributed by atoms with van der Waals surface area (Å²) >= 11 is 0. The maximum absolute atomic E-state index is 13.8. The van der Waals surface area contributed by atoms with Crippen LogP contribution >= 0.6 is 0 Å². The van der Waals surface area contributed by atoms with E-state index in [9.17, 15) is 23.9 Å². The van der Waals surface area contributed by atoms with Crippen molar-refractivity contribution in [2.75, 3.05) is 26.2 Å². The number of rotatable bonds is 3. The van der Waals surface area contributed by atoms with Crippen LogP contribution in [0.25, 0.3) is 0 Å². The summed E-state index contributed by atoms with van der Waals surface area (Å²) in [7, 11) is 0. The summed E-state index contributed by atoms with van der Waals surface area (Å²) in [5.41, 5.74) is 0.0620. The molecule has 1 aromatic rings. The minimum atomic E-state index is -0.871. The van der Waals surface area contributed by atoms with Crippen LogP contribution in [-0.4, -0.2) is 65.0 Å². The van der Waals surface area contributed by atoms with Crippen molar-refractivity contribution in [2.45, 2.75) is 32.2 Å². The van der Waals surface area contributed by atoms with E-state index in [1.807, 2.05) is 6.92 Å². The molecule has 3 rings (SSSR count). The fourth-order valence-corrected chi connectivity index (χ4v) is 3.99. The molecule has 0 saturated carbocycles. The number of carboxylic acids is 1. The van der Waals surface area contributed by atoms with Gasteiger partial charge in [-0.25, -0.2) is 9.18 Å². The van der Waals surface area contributed by atoms with Gasteiger partial charge in [0.05, 0.1) is 11.5 Å². The summed E-state index contributed by atoms with van der Waals surface area (Å²) in [4.78, 5) is 39.5. The lowest BCUT2D eigenvalue weighted by molar-refractivity contribution is -0.143. The second-order valence-corrected chi connectivity index (χ2v) is 7.78. The number of nitrogens with zero attached hydrogens (tertiary/aromatic N) is 2. The largest absolute Gasteiger partial charge is 0.481 e. The maximum Gasteiger partial charge on any atom is 0.317 e. The number of benzene rings is 1. The Kier molecular flexibility index (Phi) is 6.16. The van der Waals surface area contributed by atoms with Crippen LogP contribution in [-0.2, 0) is 4.79 Å². The zero-order valence-corrected chi connectivity index (χ0v) is 15.9. The Bertz CT molecular complexity index is 749. The van der Waals surface area contributed by atoms with Gasteiger partial charge in [0.1, 0.15) is 5.82 Å². The van der Waals surface area contributed by atoms with Crippen LogP contribution in [0.15, 0.2) is 24.3 Å². The molecule has 2 aliphatic rings. The molecule has 7 nitrogen and oxygen atoms in total. The third-order valence-corrected chi connectivity index (χ3v) is 5.51. The van der Waals surface area contributed by atoms with Crippen LogP contribution in [0.1, 0.15) is 36.5 Å². The Labute approximate surface area is 163 Å². The topological polar surface area (TPSA) is 89.9 Å². The van der Waals surface area contributed by atoms with Gasteiger partial charge in [-0.2, -0.15) is 0 Å². The van der Waals surface area contributed by atoms with E-state index in [-0.39, 0.29) is 36.0 Å². The minimum Gasteiger partial charge on any atom is -0.481 e. The number of urea groups is 1. The van der Waals surface area contributed by atoms with E-state index in [2.05, 4.69) is 5.32 Å². The van der Waals surface area contributed by atoms with Crippen molar-refractivity contribution >= 4 is 17.9 Å². The number of carboxylic acid groups (broad SMARTS) is 1. The van der Waals surface area contributed by atoms with Crippen LogP contribution in [0.4, 0.5) is 9.18 Å². The molecule has 0 aliphatic carbocycles. The monoisotopic (exact) mass is 391 g/mol. The third-order valence-electron chi connectivity index (χ3n) is 5.51. The smallest absolute Gasteiger partial charge is 0.317 e. The number of piperidine rings is 2. The molecule has 0 aromatic heterocycles. The van der Waals surface area contributed by atoms with Gasteiger partial charge in [0.25, 0.3) is 5.91 Å². The van der Waals surface area contributed by atoms with Gasteiger partial charge in [-0.1, -0.05) is 19.1 Å². The second-order valence-electron chi connectivity index (χ2n) is 7.78. The van der Waals surface area contributed by atoms with Crippen LogP contribution in [0.5, 0.6) is 0 Å². The fourth-order valence-electron chi connectivity index (χ4n) is 3.99. The maximum atomic E-state index is 13.8. The van der Waals surface area contributed by atoms with Gasteiger partial charge in [-0.05, 0) is 37.3 Å². The zero-order valence-electron chi connectivity index (χ0n) is 15.9. The van der Waals surface area contributed by atoms with E-state index in [0.717, 1.165) is 0 Å². The summed E-state index contributed by atoms with van der Waals surface area (Å²) in [6.45, 7) is 3.58. The van der Waals surface area contributed by atoms with E-state index >= 15 is 0 Å². The molecular formula is C20H26FN3O4. The van der Waals surface area contributed by atoms with Gasteiger partial charge in [-0.15, -0.1) is 0 Å². The Morgan fingerprint density at radius 1 is 1.11 bits per heavy atom. The molecule has 1 aromatic carbocycles. The second kappa shape index (κ2) is 8.58. The Balaban J connectivity index is 1.51. The molecule has 28 heavy (non-hydrogen) atoms. The zero-order chi connectivity index (χ0) is 20.3. The molecule has 152 valence electrons. The van der Waals surface area contributed by atoms with Crippen LogP contribution in [0, 0.1) is 17.7 Å². The third kappa shape index (κ3) is 4.61. The first-order valence-electron chi connectivity index (χ1n) is 9.67. The molecule has 2 unspecified atom stereocenters. The van der Waals surface area contributed by atoms with Gasteiger partial charge >= 0.3 is 12.0 Å². The Morgan fingerprint density at radius 3 is 2.43 bits per heavy atom. The lowest BCUT2D eigenvalue weighted by Crippen LogP contribution is -2.54. The van der Waals surface area contributed by atoms with Crippen LogP contribution < -0.4 is 5.32 Å². The summed E-state index contributed by atoms with van der Waals surface area (Å²) in [6.07, 6.45) is 1.74. The number of hydrogen-bond acceptors (Lipinski definition) is 3. The van der Waals surface area contributed by atoms with E-state index in [1.165, 1.54) is 12.1 Å². The Morgan fingerprint density at radius 2 is 1.79 bits per heavy atom. The van der Waals surface area contributed by atoms with Crippen molar-refractivity contribution in [1.29, 1.82) is 0 Å². The summed E-state index contributed by atoms with van der Waals surface area (Å²) in [5.74, 6) is -2.13. The molecule has 2 heterocycles. The average Bonchev–Trinajstić information content (AvgIpc) is 2.68. The Hall–Kier alpha value is -2.64. The summed E-state index contributed by atoms with van der Waals surface area (Å²) in [6, 6.07) is 5.58. The molecule has 0 bridgehead atoms.